The number of amides is 1. The summed E-state index contributed by atoms with van der Waals surface area (Å²) < 4.78 is 12.4. The third-order valence-electron chi connectivity index (χ3n) is 4.08. The van der Waals surface area contributed by atoms with Crippen molar-refractivity contribution in [2.75, 3.05) is 20.8 Å². The van der Waals surface area contributed by atoms with E-state index in [9.17, 15) is 4.79 Å². The molecule has 0 aliphatic rings. The van der Waals surface area contributed by atoms with Crippen LogP contribution < -0.4 is 14.8 Å². The van der Waals surface area contributed by atoms with E-state index in [4.69, 9.17) is 9.47 Å². The molecule has 0 aliphatic carbocycles. The summed E-state index contributed by atoms with van der Waals surface area (Å²) in [6.07, 6.45) is 6.00. The van der Waals surface area contributed by atoms with E-state index in [1.165, 1.54) is 0 Å². The van der Waals surface area contributed by atoms with Crippen molar-refractivity contribution in [1.82, 2.24) is 14.9 Å². The van der Waals surface area contributed by atoms with Crippen LogP contribution in [0.1, 0.15) is 15.9 Å². The van der Waals surface area contributed by atoms with Crippen molar-refractivity contribution in [2.24, 2.45) is 0 Å². The molecule has 0 fully saturated rings. The lowest BCUT2D eigenvalue weighted by Crippen LogP contribution is -2.25. The van der Waals surface area contributed by atoms with Crippen molar-refractivity contribution in [3.63, 3.8) is 0 Å². The Hall–Kier alpha value is -3.28. The van der Waals surface area contributed by atoms with E-state index in [1.54, 1.807) is 38.9 Å². The fourth-order valence-corrected chi connectivity index (χ4v) is 2.66. The highest BCUT2D eigenvalue weighted by atomic mass is 16.5. The zero-order valence-corrected chi connectivity index (χ0v) is 14.8. The Morgan fingerprint density at radius 1 is 1.08 bits per heavy atom. The monoisotopic (exact) mass is 351 g/mol. The van der Waals surface area contributed by atoms with Crippen molar-refractivity contribution in [2.45, 2.75) is 6.42 Å². The van der Waals surface area contributed by atoms with Crippen LogP contribution in [0.25, 0.3) is 5.69 Å². The Morgan fingerprint density at radius 3 is 2.50 bits per heavy atom. The topological polar surface area (TPSA) is 65.4 Å². The maximum atomic E-state index is 12.3. The molecule has 0 saturated carbocycles. The molecule has 3 rings (SSSR count). The van der Waals surface area contributed by atoms with Crippen LogP contribution in [0.4, 0.5) is 0 Å². The molecule has 26 heavy (non-hydrogen) atoms. The second kappa shape index (κ2) is 8.20. The molecule has 6 heteroatoms. The van der Waals surface area contributed by atoms with Gasteiger partial charge >= 0.3 is 0 Å². The normalized spacial score (nSPS) is 10.4. The molecule has 1 aromatic heterocycles. The molecular formula is C20H21N3O3. The minimum atomic E-state index is -0.0948. The molecular weight excluding hydrogens is 330 g/mol. The second-order valence-corrected chi connectivity index (χ2v) is 5.71. The number of imidazole rings is 1. The van der Waals surface area contributed by atoms with Gasteiger partial charge in [0.25, 0.3) is 5.91 Å². The molecule has 0 atom stereocenters. The number of rotatable bonds is 7. The zero-order chi connectivity index (χ0) is 18.4. The number of nitrogens with zero attached hydrogens (tertiary/aromatic N) is 2. The SMILES string of the molecule is COc1ccc(CCNC(=O)c2ccc(-n3ccnc3)cc2)cc1OC. The fourth-order valence-electron chi connectivity index (χ4n) is 2.66. The molecule has 6 nitrogen and oxygen atoms in total. The minimum absolute atomic E-state index is 0.0948. The van der Waals surface area contributed by atoms with Gasteiger partial charge in [0.15, 0.2) is 11.5 Å². The molecule has 0 bridgehead atoms. The number of carbonyl (C=O) groups excluding carboxylic acids is 1. The van der Waals surface area contributed by atoms with Crippen LogP contribution in [-0.2, 0) is 6.42 Å². The highest BCUT2D eigenvalue weighted by molar-refractivity contribution is 5.94. The largest absolute Gasteiger partial charge is 0.493 e. The van der Waals surface area contributed by atoms with Gasteiger partial charge in [0.2, 0.25) is 0 Å². The number of carbonyl (C=O) groups is 1. The zero-order valence-electron chi connectivity index (χ0n) is 14.8. The van der Waals surface area contributed by atoms with E-state index in [2.05, 4.69) is 10.3 Å². The molecule has 0 spiro atoms. The molecule has 2 aromatic carbocycles. The van der Waals surface area contributed by atoms with Gasteiger partial charge in [0.05, 0.1) is 20.5 Å². The first kappa shape index (κ1) is 17.5. The Balaban J connectivity index is 1.56. The minimum Gasteiger partial charge on any atom is -0.493 e. The highest BCUT2D eigenvalue weighted by Crippen LogP contribution is 2.27. The Kier molecular flexibility index (Phi) is 5.53. The maximum Gasteiger partial charge on any atom is 0.251 e. The summed E-state index contributed by atoms with van der Waals surface area (Å²) in [7, 11) is 3.21. The van der Waals surface area contributed by atoms with Gasteiger partial charge in [0, 0.05) is 30.2 Å². The molecule has 0 aliphatic heterocycles. The van der Waals surface area contributed by atoms with Crippen LogP contribution >= 0.6 is 0 Å². The first-order chi connectivity index (χ1) is 12.7. The molecule has 1 heterocycles. The lowest BCUT2D eigenvalue weighted by molar-refractivity contribution is 0.0954. The molecule has 1 N–H and O–H groups in total. The van der Waals surface area contributed by atoms with Gasteiger partial charge in [-0.2, -0.15) is 0 Å². The number of hydrogen-bond donors (Lipinski definition) is 1. The third-order valence-corrected chi connectivity index (χ3v) is 4.08. The summed E-state index contributed by atoms with van der Waals surface area (Å²) in [5.74, 6) is 1.28. The van der Waals surface area contributed by atoms with E-state index in [0.29, 0.717) is 30.0 Å². The summed E-state index contributed by atoms with van der Waals surface area (Å²) in [5, 5.41) is 2.94. The van der Waals surface area contributed by atoms with Crippen LogP contribution in [0.2, 0.25) is 0 Å². The number of methoxy groups -OCH3 is 2. The van der Waals surface area contributed by atoms with Crippen molar-refractivity contribution in [3.05, 3.63) is 72.3 Å². The van der Waals surface area contributed by atoms with Gasteiger partial charge in [-0.1, -0.05) is 6.07 Å². The van der Waals surface area contributed by atoms with Crippen LogP contribution in [0.3, 0.4) is 0 Å². The second-order valence-electron chi connectivity index (χ2n) is 5.71. The van der Waals surface area contributed by atoms with Crippen molar-refractivity contribution < 1.29 is 14.3 Å². The average Bonchev–Trinajstić information content (AvgIpc) is 3.22. The summed E-state index contributed by atoms with van der Waals surface area (Å²) in [6, 6.07) is 13.2. The van der Waals surface area contributed by atoms with Gasteiger partial charge in [0.1, 0.15) is 0 Å². The van der Waals surface area contributed by atoms with Crippen molar-refractivity contribution >= 4 is 5.91 Å². The quantitative estimate of drug-likeness (QED) is 0.711. The smallest absolute Gasteiger partial charge is 0.251 e. The van der Waals surface area contributed by atoms with E-state index >= 15 is 0 Å². The number of benzene rings is 2. The van der Waals surface area contributed by atoms with Gasteiger partial charge in [-0.25, -0.2) is 4.98 Å². The molecule has 0 radical (unpaired) electrons. The molecule has 1 amide bonds. The van der Waals surface area contributed by atoms with Gasteiger partial charge < -0.3 is 19.4 Å². The lowest BCUT2D eigenvalue weighted by Gasteiger charge is -2.10. The molecule has 3 aromatic rings. The third kappa shape index (κ3) is 4.03. The van der Waals surface area contributed by atoms with Crippen molar-refractivity contribution in [1.29, 1.82) is 0 Å². The average molecular weight is 351 g/mol. The van der Waals surface area contributed by atoms with Gasteiger partial charge in [-0.05, 0) is 48.4 Å². The number of aromatic nitrogens is 2. The molecule has 0 saturated heterocycles. The first-order valence-electron chi connectivity index (χ1n) is 8.29. The standard InChI is InChI=1S/C20H21N3O3/c1-25-18-8-3-15(13-19(18)26-2)9-10-22-20(24)16-4-6-17(7-5-16)23-12-11-21-14-23/h3-8,11-14H,9-10H2,1-2H3,(H,22,24). The van der Waals surface area contributed by atoms with E-state index < -0.39 is 0 Å². The summed E-state index contributed by atoms with van der Waals surface area (Å²) in [6.45, 7) is 0.539. The summed E-state index contributed by atoms with van der Waals surface area (Å²) >= 11 is 0. The van der Waals surface area contributed by atoms with Crippen LogP contribution in [0.15, 0.2) is 61.2 Å². The predicted molar refractivity (Wildman–Crippen MR) is 99.1 cm³/mol. The van der Waals surface area contributed by atoms with E-state index in [0.717, 1.165) is 11.3 Å². The summed E-state index contributed by atoms with van der Waals surface area (Å²) in [5.41, 5.74) is 2.66. The Morgan fingerprint density at radius 2 is 1.85 bits per heavy atom. The predicted octanol–water partition coefficient (Wildman–Crippen LogP) is 2.86. The number of hydrogen-bond acceptors (Lipinski definition) is 4. The molecule has 0 unspecified atom stereocenters. The Labute approximate surface area is 152 Å². The van der Waals surface area contributed by atoms with Crippen molar-refractivity contribution in [3.8, 4) is 17.2 Å². The van der Waals surface area contributed by atoms with Crippen LogP contribution in [0, 0.1) is 0 Å². The lowest BCUT2D eigenvalue weighted by atomic mass is 10.1. The number of ether oxygens (including phenoxy) is 2. The van der Waals surface area contributed by atoms with Crippen LogP contribution in [0.5, 0.6) is 11.5 Å². The van der Waals surface area contributed by atoms with Gasteiger partial charge in [-0.3, -0.25) is 4.79 Å². The molecule has 134 valence electrons. The van der Waals surface area contributed by atoms with Crippen LogP contribution in [-0.4, -0.2) is 36.2 Å². The Bertz CT molecular complexity index is 859. The van der Waals surface area contributed by atoms with E-state index in [-0.39, 0.29) is 5.91 Å². The number of nitrogens with one attached hydrogen (secondary N) is 1. The van der Waals surface area contributed by atoms with E-state index in [1.807, 2.05) is 41.1 Å². The summed E-state index contributed by atoms with van der Waals surface area (Å²) in [4.78, 5) is 16.3. The van der Waals surface area contributed by atoms with Gasteiger partial charge in [-0.15, -0.1) is 0 Å². The first-order valence-corrected chi connectivity index (χ1v) is 8.29. The highest BCUT2D eigenvalue weighted by Gasteiger charge is 2.07. The fraction of sp³-hybridized carbons (Fsp3) is 0.200. The maximum absolute atomic E-state index is 12.3.